The first-order valence-corrected chi connectivity index (χ1v) is 8.22. The second-order valence-electron chi connectivity index (χ2n) is 5.67. The number of nitrogens with one attached hydrogen (secondary N) is 2. The van der Waals surface area contributed by atoms with Crippen molar-refractivity contribution in [2.45, 2.75) is 32.7 Å². The highest BCUT2D eigenvalue weighted by molar-refractivity contribution is 5.85. The topological polar surface area (TPSA) is 76.7 Å². The van der Waals surface area contributed by atoms with Crippen LogP contribution < -0.4 is 15.4 Å². The Kier molecular flexibility index (Phi) is 7.54. The van der Waals surface area contributed by atoms with Crippen molar-refractivity contribution in [2.75, 3.05) is 0 Å². The van der Waals surface area contributed by atoms with Gasteiger partial charge in [0.15, 0.2) is 0 Å². The van der Waals surface area contributed by atoms with Gasteiger partial charge in [-0.1, -0.05) is 42.5 Å². The van der Waals surface area contributed by atoms with Gasteiger partial charge in [-0.25, -0.2) is 4.79 Å². The predicted octanol–water partition coefficient (Wildman–Crippen LogP) is 3.22. The normalized spacial score (nSPS) is 11.6. The Bertz CT molecular complexity index is 739. The monoisotopic (exact) mass is 378 g/mol. The van der Waals surface area contributed by atoms with Crippen molar-refractivity contribution < 1.29 is 27.8 Å². The summed E-state index contributed by atoms with van der Waals surface area (Å²) in [5.74, 6) is -0.365. The zero-order chi connectivity index (χ0) is 19.6. The first-order chi connectivity index (χ1) is 12.9. The third-order valence-corrected chi connectivity index (χ3v) is 3.56. The molecule has 6 nitrogen and oxygen atoms in total. The summed E-state index contributed by atoms with van der Waals surface area (Å²) in [6, 6.07) is 14.3. The molecule has 0 aliphatic heterocycles. The molecule has 1 atom stereocenters. The number of carbonyl (C=O) groups excluding carboxylic acids is 2. The Balaban J connectivity index is 1.72. The van der Waals surface area contributed by atoms with Crippen molar-refractivity contribution in [2.24, 2.45) is 0 Å². The SMILES string of the molecule is CC(NC(=O)OCc1ccccc1)C(=O)NCc1ccc(OC(F)F)cc1. The molecule has 0 fully saturated rings. The van der Waals surface area contributed by atoms with Gasteiger partial charge in [0.05, 0.1) is 0 Å². The van der Waals surface area contributed by atoms with E-state index in [-0.39, 0.29) is 18.9 Å². The average molecular weight is 378 g/mol. The Hall–Kier alpha value is -3.16. The van der Waals surface area contributed by atoms with Gasteiger partial charge >= 0.3 is 12.7 Å². The third-order valence-electron chi connectivity index (χ3n) is 3.56. The fourth-order valence-electron chi connectivity index (χ4n) is 2.14. The fraction of sp³-hybridized carbons (Fsp3) is 0.263. The molecule has 0 aromatic heterocycles. The van der Waals surface area contributed by atoms with Crippen LogP contribution in [0.2, 0.25) is 0 Å². The summed E-state index contributed by atoms with van der Waals surface area (Å²) in [6.07, 6.45) is -0.699. The van der Waals surface area contributed by atoms with Crippen molar-refractivity contribution in [3.8, 4) is 5.75 Å². The Labute approximate surface area is 155 Å². The van der Waals surface area contributed by atoms with Crippen LogP contribution in [0.3, 0.4) is 0 Å². The highest BCUT2D eigenvalue weighted by Gasteiger charge is 2.16. The standard InChI is InChI=1S/C19H20F2N2O4/c1-13(23-19(25)26-12-15-5-3-2-4-6-15)17(24)22-11-14-7-9-16(10-8-14)27-18(20)21/h2-10,13,18H,11-12H2,1H3,(H,22,24)(H,23,25). The van der Waals surface area contributed by atoms with E-state index in [4.69, 9.17) is 4.74 Å². The van der Waals surface area contributed by atoms with Gasteiger partial charge in [0, 0.05) is 6.54 Å². The van der Waals surface area contributed by atoms with Gasteiger partial charge in [0.2, 0.25) is 5.91 Å². The Morgan fingerprint density at radius 1 is 1.00 bits per heavy atom. The lowest BCUT2D eigenvalue weighted by atomic mass is 10.2. The Morgan fingerprint density at radius 2 is 1.67 bits per heavy atom. The molecule has 0 spiro atoms. The first-order valence-electron chi connectivity index (χ1n) is 8.22. The zero-order valence-corrected chi connectivity index (χ0v) is 14.7. The summed E-state index contributed by atoms with van der Waals surface area (Å²) in [7, 11) is 0. The first kappa shape index (κ1) is 20.2. The Morgan fingerprint density at radius 3 is 2.30 bits per heavy atom. The second kappa shape index (κ2) is 10.1. The van der Waals surface area contributed by atoms with E-state index < -0.39 is 24.7 Å². The maximum Gasteiger partial charge on any atom is 0.408 e. The van der Waals surface area contributed by atoms with E-state index in [0.717, 1.165) is 5.56 Å². The molecule has 0 aliphatic carbocycles. The zero-order valence-electron chi connectivity index (χ0n) is 14.7. The molecule has 2 aromatic carbocycles. The molecule has 1 unspecified atom stereocenters. The van der Waals surface area contributed by atoms with Crippen LogP contribution in [-0.2, 0) is 22.7 Å². The van der Waals surface area contributed by atoms with Crippen LogP contribution in [0.4, 0.5) is 13.6 Å². The summed E-state index contributed by atoms with van der Waals surface area (Å²) in [5.41, 5.74) is 1.54. The van der Waals surface area contributed by atoms with Crippen molar-refractivity contribution in [3.05, 3.63) is 65.7 Å². The number of amides is 2. The quantitative estimate of drug-likeness (QED) is 0.740. The number of benzene rings is 2. The lowest BCUT2D eigenvalue weighted by Crippen LogP contribution is -2.44. The minimum atomic E-state index is -2.89. The van der Waals surface area contributed by atoms with Crippen LogP contribution in [-0.4, -0.2) is 24.7 Å². The number of rotatable bonds is 8. The van der Waals surface area contributed by atoms with Crippen molar-refractivity contribution in [1.29, 1.82) is 0 Å². The van der Waals surface area contributed by atoms with Gasteiger partial charge in [0.1, 0.15) is 18.4 Å². The van der Waals surface area contributed by atoms with E-state index >= 15 is 0 Å². The maximum absolute atomic E-state index is 12.1. The van der Waals surface area contributed by atoms with Crippen LogP contribution in [0.1, 0.15) is 18.1 Å². The van der Waals surface area contributed by atoms with Gasteiger partial charge in [0.25, 0.3) is 0 Å². The molecule has 27 heavy (non-hydrogen) atoms. The van der Waals surface area contributed by atoms with E-state index in [0.29, 0.717) is 5.56 Å². The smallest absolute Gasteiger partial charge is 0.408 e. The third kappa shape index (κ3) is 7.31. The van der Waals surface area contributed by atoms with Crippen molar-refractivity contribution in [1.82, 2.24) is 10.6 Å². The second-order valence-corrected chi connectivity index (χ2v) is 5.67. The number of hydrogen-bond donors (Lipinski definition) is 2. The number of alkyl carbamates (subject to hydrolysis) is 1. The molecule has 8 heteroatoms. The number of halogens is 2. The molecule has 2 rings (SSSR count). The number of alkyl halides is 2. The molecule has 0 radical (unpaired) electrons. The van der Waals surface area contributed by atoms with E-state index in [1.807, 2.05) is 30.3 Å². The molecule has 0 saturated carbocycles. The van der Waals surface area contributed by atoms with Crippen LogP contribution in [0, 0.1) is 0 Å². The highest BCUT2D eigenvalue weighted by Crippen LogP contribution is 2.14. The van der Waals surface area contributed by atoms with E-state index in [9.17, 15) is 18.4 Å². The molecule has 0 bridgehead atoms. The van der Waals surface area contributed by atoms with Crippen LogP contribution in [0.25, 0.3) is 0 Å². The molecule has 2 amide bonds. The molecule has 0 heterocycles. The van der Waals surface area contributed by atoms with Gasteiger partial charge in [-0.2, -0.15) is 8.78 Å². The van der Waals surface area contributed by atoms with E-state index in [1.54, 1.807) is 12.1 Å². The van der Waals surface area contributed by atoms with Gasteiger partial charge in [-0.15, -0.1) is 0 Å². The molecule has 144 valence electrons. The van der Waals surface area contributed by atoms with E-state index in [1.165, 1.54) is 19.1 Å². The van der Waals surface area contributed by atoms with Gasteiger partial charge < -0.3 is 20.1 Å². The molecule has 0 aliphatic rings. The van der Waals surface area contributed by atoms with Crippen LogP contribution in [0.5, 0.6) is 5.75 Å². The van der Waals surface area contributed by atoms with Crippen molar-refractivity contribution in [3.63, 3.8) is 0 Å². The summed E-state index contributed by atoms with van der Waals surface area (Å²) in [5, 5.41) is 5.08. The number of ether oxygens (including phenoxy) is 2. The highest BCUT2D eigenvalue weighted by atomic mass is 19.3. The summed E-state index contributed by atoms with van der Waals surface area (Å²) in [6.45, 7) is -1.07. The van der Waals surface area contributed by atoms with Gasteiger partial charge in [-0.3, -0.25) is 4.79 Å². The molecule has 2 N–H and O–H groups in total. The molecular weight excluding hydrogens is 358 g/mol. The van der Waals surface area contributed by atoms with Gasteiger partial charge in [-0.05, 0) is 30.2 Å². The molecule has 0 saturated heterocycles. The van der Waals surface area contributed by atoms with E-state index in [2.05, 4.69) is 15.4 Å². The number of hydrogen-bond acceptors (Lipinski definition) is 4. The largest absolute Gasteiger partial charge is 0.445 e. The number of carbonyl (C=O) groups is 2. The average Bonchev–Trinajstić information content (AvgIpc) is 2.66. The summed E-state index contributed by atoms with van der Waals surface area (Å²) >= 11 is 0. The maximum atomic E-state index is 12.1. The van der Waals surface area contributed by atoms with Crippen LogP contribution in [0.15, 0.2) is 54.6 Å². The van der Waals surface area contributed by atoms with Crippen LogP contribution >= 0.6 is 0 Å². The molecule has 2 aromatic rings. The summed E-state index contributed by atoms with van der Waals surface area (Å²) in [4.78, 5) is 23.8. The van der Waals surface area contributed by atoms with Crippen molar-refractivity contribution >= 4 is 12.0 Å². The fourth-order valence-corrected chi connectivity index (χ4v) is 2.14. The lowest BCUT2D eigenvalue weighted by molar-refractivity contribution is -0.122. The summed E-state index contributed by atoms with van der Waals surface area (Å²) < 4.78 is 33.5. The lowest BCUT2D eigenvalue weighted by Gasteiger charge is -2.14. The minimum Gasteiger partial charge on any atom is -0.445 e. The molecular formula is C19H20F2N2O4. The predicted molar refractivity (Wildman–Crippen MR) is 94.1 cm³/mol. The minimum absolute atomic E-state index is 0.0382.